The summed E-state index contributed by atoms with van der Waals surface area (Å²) in [5, 5.41) is 0. The van der Waals surface area contributed by atoms with Gasteiger partial charge in [0.05, 0.1) is 7.11 Å². The van der Waals surface area contributed by atoms with Crippen molar-refractivity contribution in [2.75, 3.05) is 12.8 Å². The lowest BCUT2D eigenvalue weighted by atomic mass is 10.5. The number of carbonyl (C=O) groups excluding carboxylic acids is 1. The number of nitrogen functional groups attached to an aromatic ring is 1. The van der Waals surface area contributed by atoms with Crippen molar-refractivity contribution in [1.29, 1.82) is 0 Å². The number of aromatic nitrogens is 1. The third-order valence-corrected chi connectivity index (χ3v) is 1.32. The largest absolute Gasteiger partial charge is 0.471 e. The molecule has 12 heavy (non-hydrogen) atoms. The minimum atomic E-state index is 0.375. The summed E-state index contributed by atoms with van der Waals surface area (Å²) in [7, 11) is 1.31. The molecule has 66 valence electrons. The third kappa shape index (κ3) is 5.67. The number of ether oxygens (including phenoxy) is 1. The van der Waals surface area contributed by atoms with Crippen LogP contribution < -0.4 is 5.73 Å². The lowest BCUT2D eigenvalue weighted by Crippen LogP contribution is -1.86. The Balaban J connectivity index is 0.000000261. The van der Waals surface area contributed by atoms with Gasteiger partial charge in [-0.15, -0.1) is 0 Å². The zero-order valence-corrected chi connectivity index (χ0v) is 8.11. The van der Waals surface area contributed by atoms with Gasteiger partial charge in [-0.1, -0.05) is 0 Å². The standard InChI is InChI=1S/C5H5BrN2.C2H4O2/c6-4-1-2-5(7)8-3-4;1-4-2-3/h1-3H,(H2,7,8);2H,1H3. The average molecular weight is 233 g/mol. The molecule has 0 atom stereocenters. The van der Waals surface area contributed by atoms with Crippen LogP contribution in [-0.4, -0.2) is 18.6 Å². The molecule has 0 fully saturated rings. The Morgan fingerprint density at radius 2 is 2.25 bits per heavy atom. The van der Waals surface area contributed by atoms with Gasteiger partial charge in [0.15, 0.2) is 0 Å². The minimum Gasteiger partial charge on any atom is -0.471 e. The van der Waals surface area contributed by atoms with Gasteiger partial charge in [-0.25, -0.2) is 4.98 Å². The number of pyridine rings is 1. The fraction of sp³-hybridized carbons (Fsp3) is 0.143. The van der Waals surface area contributed by atoms with E-state index in [0.29, 0.717) is 12.3 Å². The van der Waals surface area contributed by atoms with Crippen molar-refractivity contribution in [3.63, 3.8) is 0 Å². The average Bonchev–Trinajstić information content (AvgIpc) is 2.11. The predicted octanol–water partition coefficient (Wildman–Crippen LogP) is 1.22. The molecule has 0 saturated carbocycles. The predicted molar refractivity (Wildman–Crippen MR) is 49.4 cm³/mol. The number of hydrogen-bond acceptors (Lipinski definition) is 4. The molecule has 1 heterocycles. The first kappa shape index (κ1) is 10.9. The molecule has 5 heteroatoms. The van der Waals surface area contributed by atoms with E-state index in [-0.39, 0.29) is 0 Å². The maximum Gasteiger partial charge on any atom is 0.292 e. The molecule has 1 rings (SSSR count). The Labute approximate surface area is 78.9 Å². The summed E-state index contributed by atoms with van der Waals surface area (Å²) < 4.78 is 4.81. The molecule has 0 aromatic carbocycles. The topological polar surface area (TPSA) is 65.2 Å². The second kappa shape index (κ2) is 6.60. The number of anilines is 1. The van der Waals surface area contributed by atoms with Crippen molar-refractivity contribution in [3.05, 3.63) is 22.8 Å². The SMILES string of the molecule is COC=O.Nc1ccc(Br)cn1. The highest BCUT2D eigenvalue weighted by molar-refractivity contribution is 9.10. The van der Waals surface area contributed by atoms with E-state index in [0.717, 1.165) is 4.47 Å². The number of rotatable bonds is 1. The van der Waals surface area contributed by atoms with Crippen LogP contribution in [0.4, 0.5) is 5.82 Å². The molecule has 0 radical (unpaired) electrons. The summed E-state index contributed by atoms with van der Waals surface area (Å²) in [6.07, 6.45) is 1.66. The van der Waals surface area contributed by atoms with Crippen molar-refractivity contribution in [2.45, 2.75) is 0 Å². The van der Waals surface area contributed by atoms with Crippen LogP contribution in [0.1, 0.15) is 0 Å². The summed E-state index contributed by atoms with van der Waals surface area (Å²) in [4.78, 5) is 12.8. The molecule has 0 bridgehead atoms. The van der Waals surface area contributed by atoms with E-state index in [4.69, 9.17) is 10.5 Å². The lowest BCUT2D eigenvalue weighted by molar-refractivity contribution is -0.126. The summed E-state index contributed by atoms with van der Waals surface area (Å²) in [6, 6.07) is 3.59. The number of nitrogens with two attached hydrogens (primary N) is 1. The van der Waals surface area contributed by atoms with Crippen molar-refractivity contribution < 1.29 is 9.53 Å². The molecular weight excluding hydrogens is 224 g/mol. The molecule has 0 amide bonds. The van der Waals surface area contributed by atoms with Gasteiger partial charge in [-0.3, -0.25) is 4.79 Å². The van der Waals surface area contributed by atoms with Gasteiger partial charge in [0, 0.05) is 10.7 Å². The monoisotopic (exact) mass is 232 g/mol. The van der Waals surface area contributed by atoms with Gasteiger partial charge in [-0.05, 0) is 28.1 Å². The molecule has 2 N–H and O–H groups in total. The van der Waals surface area contributed by atoms with Crippen LogP contribution in [0.25, 0.3) is 0 Å². The van der Waals surface area contributed by atoms with E-state index in [1.165, 1.54) is 7.11 Å². The van der Waals surface area contributed by atoms with Crippen LogP contribution in [0.15, 0.2) is 22.8 Å². The van der Waals surface area contributed by atoms with Crippen molar-refractivity contribution >= 4 is 28.2 Å². The van der Waals surface area contributed by atoms with Crippen molar-refractivity contribution in [1.82, 2.24) is 4.98 Å². The fourth-order valence-corrected chi connectivity index (χ4v) is 0.622. The number of methoxy groups -OCH3 is 1. The first-order valence-corrected chi connectivity index (χ1v) is 3.83. The van der Waals surface area contributed by atoms with Gasteiger partial charge < -0.3 is 10.5 Å². The quantitative estimate of drug-likeness (QED) is 0.740. The number of nitrogens with zero attached hydrogens (tertiary/aromatic N) is 1. The van der Waals surface area contributed by atoms with E-state index < -0.39 is 0 Å². The summed E-state index contributed by atoms with van der Waals surface area (Å²) in [5.41, 5.74) is 5.29. The Morgan fingerprint density at radius 1 is 1.67 bits per heavy atom. The second-order valence-corrected chi connectivity index (χ2v) is 2.65. The first-order chi connectivity index (χ1) is 5.70. The summed E-state index contributed by atoms with van der Waals surface area (Å²) >= 11 is 3.23. The highest BCUT2D eigenvalue weighted by Gasteiger charge is 1.83. The highest BCUT2D eigenvalue weighted by Crippen LogP contribution is 2.07. The van der Waals surface area contributed by atoms with E-state index in [1.807, 2.05) is 6.07 Å². The normalized spacial score (nSPS) is 7.83. The van der Waals surface area contributed by atoms with Crippen LogP contribution in [0.2, 0.25) is 0 Å². The molecule has 0 saturated heterocycles. The Morgan fingerprint density at radius 3 is 2.50 bits per heavy atom. The zero-order chi connectivity index (χ0) is 9.40. The Bertz CT molecular complexity index is 204. The first-order valence-electron chi connectivity index (χ1n) is 3.04. The molecular formula is C7H9BrN2O2. The van der Waals surface area contributed by atoms with E-state index >= 15 is 0 Å². The number of carbonyl (C=O) groups is 1. The van der Waals surface area contributed by atoms with Crippen LogP contribution in [-0.2, 0) is 9.53 Å². The number of hydrogen-bond donors (Lipinski definition) is 1. The maximum absolute atomic E-state index is 8.95. The molecule has 4 nitrogen and oxygen atoms in total. The van der Waals surface area contributed by atoms with Crippen molar-refractivity contribution in [3.8, 4) is 0 Å². The molecule has 0 aliphatic carbocycles. The fourth-order valence-electron chi connectivity index (χ4n) is 0.387. The maximum atomic E-state index is 8.95. The number of halogens is 1. The smallest absolute Gasteiger partial charge is 0.292 e. The van der Waals surface area contributed by atoms with Gasteiger partial charge >= 0.3 is 0 Å². The van der Waals surface area contributed by atoms with E-state index in [9.17, 15) is 0 Å². The highest BCUT2D eigenvalue weighted by atomic mass is 79.9. The summed E-state index contributed by atoms with van der Waals surface area (Å²) in [6.45, 7) is 0.375. The van der Waals surface area contributed by atoms with Crippen LogP contribution in [0.5, 0.6) is 0 Å². The van der Waals surface area contributed by atoms with Crippen LogP contribution in [0, 0.1) is 0 Å². The van der Waals surface area contributed by atoms with Crippen LogP contribution >= 0.6 is 15.9 Å². The second-order valence-electron chi connectivity index (χ2n) is 1.73. The molecule has 0 unspecified atom stereocenters. The van der Waals surface area contributed by atoms with Gasteiger partial charge in [0.2, 0.25) is 0 Å². The van der Waals surface area contributed by atoms with Crippen LogP contribution in [0.3, 0.4) is 0 Å². The van der Waals surface area contributed by atoms with Gasteiger partial charge in [0.25, 0.3) is 6.47 Å². The summed E-state index contributed by atoms with van der Waals surface area (Å²) in [5.74, 6) is 0.549. The molecule has 1 aromatic heterocycles. The molecule has 0 spiro atoms. The Hall–Kier alpha value is -1.10. The zero-order valence-electron chi connectivity index (χ0n) is 6.53. The van der Waals surface area contributed by atoms with E-state index in [1.54, 1.807) is 12.3 Å². The Kier molecular flexibility index (Phi) is 6.00. The van der Waals surface area contributed by atoms with Gasteiger partial charge in [0.1, 0.15) is 5.82 Å². The molecule has 0 aliphatic rings. The lowest BCUT2D eigenvalue weighted by Gasteiger charge is -1.88. The minimum absolute atomic E-state index is 0.375. The van der Waals surface area contributed by atoms with Gasteiger partial charge in [-0.2, -0.15) is 0 Å². The molecule has 0 aliphatic heterocycles. The van der Waals surface area contributed by atoms with Crippen molar-refractivity contribution in [2.24, 2.45) is 0 Å². The van der Waals surface area contributed by atoms with E-state index in [2.05, 4.69) is 25.7 Å². The molecule has 1 aromatic rings. The third-order valence-electron chi connectivity index (χ3n) is 0.846.